The van der Waals surface area contributed by atoms with Gasteiger partial charge in [-0.1, -0.05) is 38.1 Å². The van der Waals surface area contributed by atoms with Gasteiger partial charge in [-0.3, -0.25) is 0 Å². The summed E-state index contributed by atoms with van der Waals surface area (Å²) in [6, 6.07) is 8.31. The Bertz CT molecular complexity index is 300. The lowest BCUT2D eigenvalue weighted by Crippen LogP contribution is -2.15. The minimum Gasteiger partial charge on any atom is -0.388 e. The lowest BCUT2D eigenvalue weighted by atomic mass is 9.84. The van der Waals surface area contributed by atoms with E-state index in [1.54, 1.807) is 0 Å². The molecule has 0 fully saturated rings. The highest BCUT2D eigenvalue weighted by Gasteiger charge is 2.18. The first-order valence-corrected chi connectivity index (χ1v) is 4.52. The van der Waals surface area contributed by atoms with Crippen LogP contribution in [-0.4, -0.2) is 7.05 Å². The number of hydrogen-bond donors (Lipinski definition) is 1. The van der Waals surface area contributed by atoms with Crippen LogP contribution in [0.4, 0.5) is 5.69 Å². The zero-order valence-electron chi connectivity index (χ0n) is 8.59. The first-order valence-electron chi connectivity index (χ1n) is 4.52. The standard InChI is InChI=1S/C12H17N/c1-5-12(2,3)10-8-6-7-9-11(10)13-4/h5-9,13H,1H2,2-4H3. The van der Waals surface area contributed by atoms with E-state index >= 15 is 0 Å². The van der Waals surface area contributed by atoms with Crippen molar-refractivity contribution in [3.8, 4) is 0 Å². The average Bonchev–Trinajstić information content (AvgIpc) is 2.18. The highest BCUT2D eigenvalue weighted by molar-refractivity contribution is 5.55. The van der Waals surface area contributed by atoms with Crippen LogP contribution in [-0.2, 0) is 5.41 Å². The molecule has 1 N–H and O–H groups in total. The van der Waals surface area contributed by atoms with Crippen LogP contribution in [0.15, 0.2) is 36.9 Å². The number of hydrogen-bond acceptors (Lipinski definition) is 1. The second-order valence-corrected chi connectivity index (χ2v) is 3.72. The third-order valence-corrected chi connectivity index (χ3v) is 2.40. The molecule has 0 unspecified atom stereocenters. The van der Waals surface area contributed by atoms with E-state index in [0.29, 0.717) is 0 Å². The van der Waals surface area contributed by atoms with Gasteiger partial charge < -0.3 is 5.32 Å². The second-order valence-electron chi connectivity index (χ2n) is 3.72. The van der Waals surface area contributed by atoms with Gasteiger partial charge in [-0.05, 0) is 11.6 Å². The fourth-order valence-electron chi connectivity index (χ4n) is 1.37. The van der Waals surface area contributed by atoms with Crippen molar-refractivity contribution in [3.63, 3.8) is 0 Å². The molecule has 0 spiro atoms. The molecule has 70 valence electrons. The zero-order chi connectivity index (χ0) is 9.90. The van der Waals surface area contributed by atoms with Crippen molar-refractivity contribution in [1.82, 2.24) is 0 Å². The monoisotopic (exact) mass is 175 g/mol. The molecule has 0 saturated heterocycles. The van der Waals surface area contributed by atoms with E-state index in [2.05, 4.69) is 43.9 Å². The molecule has 1 rings (SSSR count). The highest BCUT2D eigenvalue weighted by Crippen LogP contribution is 2.30. The number of rotatable bonds is 3. The third kappa shape index (κ3) is 1.92. The van der Waals surface area contributed by atoms with Crippen molar-refractivity contribution in [1.29, 1.82) is 0 Å². The fraction of sp³-hybridized carbons (Fsp3) is 0.333. The lowest BCUT2D eigenvalue weighted by Gasteiger charge is -2.23. The molecule has 1 aromatic carbocycles. The van der Waals surface area contributed by atoms with Crippen molar-refractivity contribution in [2.45, 2.75) is 19.3 Å². The van der Waals surface area contributed by atoms with Crippen LogP contribution in [0.2, 0.25) is 0 Å². The minimum atomic E-state index is 0.0274. The van der Waals surface area contributed by atoms with Gasteiger partial charge in [-0.25, -0.2) is 0 Å². The number of nitrogens with one attached hydrogen (secondary N) is 1. The van der Waals surface area contributed by atoms with Gasteiger partial charge in [0.1, 0.15) is 0 Å². The minimum absolute atomic E-state index is 0.0274. The Balaban J connectivity index is 3.20. The van der Waals surface area contributed by atoms with Gasteiger partial charge in [0.2, 0.25) is 0 Å². The van der Waals surface area contributed by atoms with E-state index in [9.17, 15) is 0 Å². The molecule has 0 aliphatic rings. The van der Waals surface area contributed by atoms with Crippen molar-refractivity contribution in [2.75, 3.05) is 12.4 Å². The normalized spacial score (nSPS) is 11.0. The molecule has 0 aliphatic carbocycles. The van der Waals surface area contributed by atoms with Gasteiger partial charge in [0, 0.05) is 18.2 Å². The average molecular weight is 175 g/mol. The van der Waals surface area contributed by atoms with Gasteiger partial charge in [0.15, 0.2) is 0 Å². The Morgan fingerprint density at radius 2 is 1.92 bits per heavy atom. The van der Waals surface area contributed by atoms with Crippen LogP contribution in [0.5, 0.6) is 0 Å². The fourth-order valence-corrected chi connectivity index (χ4v) is 1.37. The first kappa shape index (κ1) is 9.85. The number of para-hydroxylation sites is 1. The topological polar surface area (TPSA) is 12.0 Å². The molecular weight excluding hydrogens is 158 g/mol. The molecule has 0 amide bonds. The second kappa shape index (κ2) is 3.65. The van der Waals surface area contributed by atoms with E-state index in [0.717, 1.165) is 0 Å². The Morgan fingerprint density at radius 1 is 1.31 bits per heavy atom. The Hall–Kier alpha value is -1.24. The molecule has 0 atom stereocenters. The quantitative estimate of drug-likeness (QED) is 0.696. The van der Waals surface area contributed by atoms with Crippen molar-refractivity contribution >= 4 is 5.69 Å². The van der Waals surface area contributed by atoms with E-state index in [1.165, 1.54) is 11.3 Å². The molecule has 13 heavy (non-hydrogen) atoms. The maximum absolute atomic E-state index is 3.86. The molecule has 0 bridgehead atoms. The summed E-state index contributed by atoms with van der Waals surface area (Å²) in [5.74, 6) is 0. The van der Waals surface area contributed by atoms with E-state index < -0.39 is 0 Å². The molecule has 0 saturated carbocycles. The number of benzene rings is 1. The summed E-state index contributed by atoms with van der Waals surface area (Å²) in [4.78, 5) is 0. The van der Waals surface area contributed by atoms with Gasteiger partial charge in [0.25, 0.3) is 0 Å². The van der Waals surface area contributed by atoms with Crippen LogP contribution < -0.4 is 5.32 Å². The Labute approximate surface area is 80.5 Å². The summed E-state index contributed by atoms with van der Waals surface area (Å²) >= 11 is 0. The Morgan fingerprint density at radius 3 is 2.46 bits per heavy atom. The highest BCUT2D eigenvalue weighted by atomic mass is 14.8. The zero-order valence-corrected chi connectivity index (χ0v) is 8.59. The maximum atomic E-state index is 3.86. The van der Waals surface area contributed by atoms with E-state index in [4.69, 9.17) is 0 Å². The molecule has 1 aromatic rings. The summed E-state index contributed by atoms with van der Waals surface area (Å²) in [6.45, 7) is 8.18. The van der Waals surface area contributed by atoms with Crippen molar-refractivity contribution in [3.05, 3.63) is 42.5 Å². The van der Waals surface area contributed by atoms with Gasteiger partial charge in [0.05, 0.1) is 0 Å². The molecule has 0 radical (unpaired) electrons. The largest absolute Gasteiger partial charge is 0.388 e. The van der Waals surface area contributed by atoms with Gasteiger partial charge in [-0.2, -0.15) is 0 Å². The van der Waals surface area contributed by atoms with Crippen LogP contribution in [0.25, 0.3) is 0 Å². The summed E-state index contributed by atoms with van der Waals surface area (Å²) in [5, 5.41) is 3.19. The van der Waals surface area contributed by atoms with Crippen molar-refractivity contribution < 1.29 is 0 Å². The summed E-state index contributed by atoms with van der Waals surface area (Å²) in [6.07, 6.45) is 1.98. The van der Waals surface area contributed by atoms with Crippen LogP contribution in [0.3, 0.4) is 0 Å². The number of anilines is 1. The van der Waals surface area contributed by atoms with Crippen LogP contribution >= 0.6 is 0 Å². The predicted octanol–water partition coefficient (Wildman–Crippen LogP) is 3.19. The van der Waals surface area contributed by atoms with Gasteiger partial charge in [-0.15, -0.1) is 6.58 Å². The molecule has 0 aliphatic heterocycles. The van der Waals surface area contributed by atoms with Gasteiger partial charge >= 0.3 is 0 Å². The molecule has 0 aromatic heterocycles. The Kier molecular flexibility index (Phi) is 2.76. The number of allylic oxidation sites excluding steroid dienone is 1. The SMILES string of the molecule is C=CC(C)(C)c1ccccc1NC. The lowest BCUT2D eigenvalue weighted by molar-refractivity contribution is 0.674. The maximum Gasteiger partial charge on any atom is 0.0378 e. The molecule has 1 nitrogen and oxygen atoms in total. The predicted molar refractivity (Wildman–Crippen MR) is 59.2 cm³/mol. The van der Waals surface area contributed by atoms with Crippen molar-refractivity contribution in [2.24, 2.45) is 0 Å². The van der Waals surface area contributed by atoms with E-state index in [1.807, 2.05) is 19.2 Å². The molecule has 0 heterocycles. The van der Waals surface area contributed by atoms with E-state index in [-0.39, 0.29) is 5.41 Å². The van der Waals surface area contributed by atoms with Crippen LogP contribution in [0, 0.1) is 0 Å². The summed E-state index contributed by atoms with van der Waals surface area (Å²) in [7, 11) is 1.94. The third-order valence-electron chi connectivity index (χ3n) is 2.40. The first-order chi connectivity index (χ1) is 6.11. The summed E-state index contributed by atoms with van der Waals surface area (Å²) in [5.41, 5.74) is 2.49. The molecular formula is C12H17N. The molecule has 1 heteroatoms. The smallest absolute Gasteiger partial charge is 0.0378 e. The van der Waals surface area contributed by atoms with Crippen LogP contribution in [0.1, 0.15) is 19.4 Å². The summed E-state index contributed by atoms with van der Waals surface area (Å²) < 4.78 is 0.